The molecule has 7 nitrogen and oxygen atoms in total. The average Bonchev–Trinajstić information content (AvgIpc) is 3.29. The number of nitrogen functional groups attached to an aromatic ring is 1. The number of benzene rings is 1. The van der Waals surface area contributed by atoms with Crippen molar-refractivity contribution in [2.45, 2.75) is 39.0 Å². The van der Waals surface area contributed by atoms with Gasteiger partial charge in [0.25, 0.3) is 0 Å². The number of unbranched alkanes of at least 4 members (excludes halogenated alkanes) is 1. The zero-order chi connectivity index (χ0) is 21.3. The molecule has 0 aliphatic rings. The lowest BCUT2D eigenvalue weighted by Gasteiger charge is -2.22. The Kier molecular flexibility index (Phi) is 6.53. The van der Waals surface area contributed by atoms with Crippen molar-refractivity contribution >= 4 is 45.7 Å². The van der Waals surface area contributed by atoms with E-state index in [1.165, 1.54) is 18.2 Å². The Morgan fingerprint density at radius 1 is 1.34 bits per heavy atom. The molecule has 0 bridgehead atoms. The molecule has 0 radical (unpaired) electrons. The van der Waals surface area contributed by atoms with Crippen LogP contribution in [0.1, 0.15) is 44.6 Å². The molecule has 1 unspecified atom stereocenters. The fourth-order valence-electron chi connectivity index (χ4n) is 3.50. The van der Waals surface area contributed by atoms with E-state index in [0.717, 1.165) is 30.2 Å². The summed E-state index contributed by atoms with van der Waals surface area (Å²) in [6, 6.07) is 4.06. The minimum absolute atomic E-state index is 0.0489. The molecule has 0 aliphatic heterocycles. The van der Waals surface area contributed by atoms with Crippen molar-refractivity contribution in [1.29, 1.82) is 0 Å². The lowest BCUT2D eigenvalue weighted by Crippen LogP contribution is -2.09. The minimum Gasteiger partial charge on any atom is -0.445 e. The molecular formula is C19H24BrFN3O4P. The number of rotatable bonds is 8. The predicted octanol–water partition coefficient (Wildman–Crippen LogP) is 4.65. The van der Waals surface area contributed by atoms with Crippen molar-refractivity contribution in [3.8, 4) is 11.6 Å². The van der Waals surface area contributed by atoms with Gasteiger partial charge < -0.3 is 24.9 Å². The summed E-state index contributed by atoms with van der Waals surface area (Å²) in [4.78, 5) is 26.0. The number of nitrogens with one attached hydrogen (secondary N) is 1. The largest absolute Gasteiger partial charge is 0.445 e. The van der Waals surface area contributed by atoms with E-state index in [2.05, 4.69) is 39.7 Å². The van der Waals surface area contributed by atoms with Gasteiger partial charge in [-0.1, -0.05) is 36.2 Å². The molecule has 10 heteroatoms. The van der Waals surface area contributed by atoms with Gasteiger partial charge in [-0.3, -0.25) is 4.57 Å². The number of nitrogens with zero attached hydrogens (tertiary/aromatic N) is 1. The van der Waals surface area contributed by atoms with Crippen LogP contribution < -0.4 is 11.2 Å². The van der Waals surface area contributed by atoms with Crippen LogP contribution in [0.5, 0.6) is 0 Å². The summed E-state index contributed by atoms with van der Waals surface area (Å²) < 4.78 is 31.2. The Morgan fingerprint density at radius 2 is 2.07 bits per heavy atom. The van der Waals surface area contributed by atoms with Gasteiger partial charge >= 0.3 is 7.60 Å². The number of alkyl halides is 1. The van der Waals surface area contributed by atoms with Crippen molar-refractivity contribution in [2.75, 3.05) is 11.1 Å². The second-order valence-corrected chi connectivity index (χ2v) is 9.71. The van der Waals surface area contributed by atoms with E-state index in [1.54, 1.807) is 0 Å². The Balaban J connectivity index is 2.11. The molecule has 0 fully saturated rings. The number of aromatic nitrogens is 2. The molecule has 29 heavy (non-hydrogen) atoms. The first kappa shape index (κ1) is 22.0. The first-order valence-electron chi connectivity index (χ1n) is 9.33. The van der Waals surface area contributed by atoms with Crippen LogP contribution in [-0.2, 0) is 4.57 Å². The van der Waals surface area contributed by atoms with E-state index in [0.29, 0.717) is 11.0 Å². The number of hydrogen-bond donors (Lipinski definition) is 4. The Hall–Kier alpha value is -1.67. The molecular weight excluding hydrogens is 464 g/mol. The quantitative estimate of drug-likeness (QED) is 0.158. The van der Waals surface area contributed by atoms with Gasteiger partial charge in [0.2, 0.25) is 5.50 Å². The van der Waals surface area contributed by atoms with Crippen LogP contribution in [0.25, 0.3) is 22.6 Å². The van der Waals surface area contributed by atoms with Crippen LogP contribution in [-0.4, -0.2) is 25.1 Å². The van der Waals surface area contributed by atoms with Crippen LogP contribution in [0.2, 0.25) is 0 Å². The highest BCUT2D eigenvalue weighted by Crippen LogP contribution is 2.39. The number of hydrogen-bond acceptors (Lipinski definition) is 4. The zero-order valence-electron chi connectivity index (χ0n) is 16.2. The number of anilines is 1. The van der Waals surface area contributed by atoms with E-state index in [-0.39, 0.29) is 29.1 Å². The molecule has 0 spiro atoms. The van der Waals surface area contributed by atoms with E-state index < -0.39 is 18.9 Å². The van der Waals surface area contributed by atoms with Gasteiger partial charge in [-0.05, 0) is 48.4 Å². The SMILES string of the molecule is CC(C)C(CCCCBr)c1cc(F)c(N)c2[nH]c(-c3ccc(P(=O)(O)O)o3)nc12. The summed E-state index contributed by atoms with van der Waals surface area (Å²) in [6.45, 7) is 4.18. The van der Waals surface area contributed by atoms with E-state index >= 15 is 0 Å². The van der Waals surface area contributed by atoms with Gasteiger partial charge in [-0.15, -0.1) is 0 Å². The third-order valence-electron chi connectivity index (χ3n) is 5.00. The fourth-order valence-corrected chi connectivity index (χ4v) is 4.38. The first-order chi connectivity index (χ1) is 13.6. The second kappa shape index (κ2) is 8.60. The second-order valence-electron chi connectivity index (χ2n) is 7.39. The van der Waals surface area contributed by atoms with Crippen molar-refractivity contribution in [3.05, 3.63) is 29.6 Å². The summed E-state index contributed by atoms with van der Waals surface area (Å²) in [5, 5.41) is 0.913. The topological polar surface area (TPSA) is 125 Å². The van der Waals surface area contributed by atoms with Gasteiger partial charge in [-0.2, -0.15) is 0 Å². The summed E-state index contributed by atoms with van der Waals surface area (Å²) in [5.41, 5.74) is 7.11. The summed E-state index contributed by atoms with van der Waals surface area (Å²) in [7, 11) is -4.52. The zero-order valence-corrected chi connectivity index (χ0v) is 18.6. The number of H-pyrrole nitrogens is 1. The van der Waals surface area contributed by atoms with Crippen molar-refractivity contribution in [2.24, 2.45) is 5.92 Å². The highest BCUT2D eigenvalue weighted by Gasteiger charge is 2.26. The number of nitrogens with two attached hydrogens (primary N) is 1. The predicted molar refractivity (Wildman–Crippen MR) is 115 cm³/mol. The molecule has 3 aromatic rings. The van der Waals surface area contributed by atoms with Crippen LogP contribution in [0.4, 0.5) is 10.1 Å². The monoisotopic (exact) mass is 487 g/mol. The standard InChI is InChI=1S/C19H24BrFN3O4P/c1-10(2)11(5-3-4-8-20)12-9-13(21)16(22)18-17(12)23-19(24-18)14-6-7-15(28-14)29(25,26)27/h6-7,9-11H,3-5,8,22H2,1-2H3,(H,23,24)(H2,25,26,27). The van der Waals surface area contributed by atoms with Crippen LogP contribution >= 0.6 is 23.5 Å². The highest BCUT2D eigenvalue weighted by atomic mass is 79.9. The number of aromatic amines is 1. The van der Waals surface area contributed by atoms with Crippen LogP contribution in [0, 0.1) is 11.7 Å². The Bertz CT molecular complexity index is 1060. The average molecular weight is 488 g/mol. The maximum absolute atomic E-state index is 14.6. The first-order valence-corrected chi connectivity index (χ1v) is 12.1. The van der Waals surface area contributed by atoms with Crippen molar-refractivity contribution in [1.82, 2.24) is 9.97 Å². The summed E-state index contributed by atoms with van der Waals surface area (Å²) in [6.07, 6.45) is 2.89. The maximum atomic E-state index is 14.6. The van der Waals surface area contributed by atoms with Gasteiger partial charge in [0.05, 0.1) is 16.7 Å². The van der Waals surface area contributed by atoms with Crippen LogP contribution in [0.3, 0.4) is 0 Å². The molecule has 0 saturated carbocycles. The van der Waals surface area contributed by atoms with E-state index in [4.69, 9.17) is 10.2 Å². The van der Waals surface area contributed by atoms with Gasteiger partial charge in [0.15, 0.2) is 11.6 Å². The maximum Gasteiger partial charge on any atom is 0.391 e. The van der Waals surface area contributed by atoms with Gasteiger partial charge in [0.1, 0.15) is 5.82 Å². The molecule has 158 valence electrons. The molecule has 1 aromatic carbocycles. The third-order valence-corrected chi connectivity index (χ3v) is 6.38. The number of fused-ring (bicyclic) bond motifs is 1. The smallest absolute Gasteiger partial charge is 0.391 e. The Labute approximate surface area is 176 Å². The van der Waals surface area contributed by atoms with Crippen molar-refractivity contribution in [3.63, 3.8) is 0 Å². The molecule has 0 amide bonds. The molecule has 2 heterocycles. The van der Waals surface area contributed by atoms with E-state index in [1.807, 2.05) is 0 Å². The fraction of sp³-hybridized carbons (Fsp3) is 0.421. The summed E-state index contributed by atoms with van der Waals surface area (Å²) in [5.74, 6) is 0.211. The normalized spacial score (nSPS) is 13.5. The molecule has 0 aliphatic carbocycles. The number of furan rings is 1. The van der Waals surface area contributed by atoms with Crippen LogP contribution in [0.15, 0.2) is 22.6 Å². The van der Waals surface area contributed by atoms with Crippen molar-refractivity contribution < 1.29 is 23.2 Å². The van der Waals surface area contributed by atoms with Gasteiger partial charge in [0, 0.05) is 5.33 Å². The molecule has 5 N–H and O–H groups in total. The molecule has 2 aromatic heterocycles. The molecule has 0 saturated heterocycles. The number of halogens is 2. The lowest BCUT2D eigenvalue weighted by molar-refractivity contribution is 0.377. The Morgan fingerprint density at radius 3 is 2.66 bits per heavy atom. The lowest BCUT2D eigenvalue weighted by atomic mass is 9.83. The molecule has 3 rings (SSSR count). The summed E-state index contributed by atoms with van der Waals surface area (Å²) >= 11 is 3.44. The molecule has 1 atom stereocenters. The number of imidazole rings is 1. The van der Waals surface area contributed by atoms with Gasteiger partial charge in [-0.25, -0.2) is 9.37 Å². The third kappa shape index (κ3) is 4.58. The van der Waals surface area contributed by atoms with E-state index in [9.17, 15) is 18.7 Å². The minimum atomic E-state index is -4.52. The highest BCUT2D eigenvalue weighted by molar-refractivity contribution is 9.09.